The Bertz CT molecular complexity index is 442. The monoisotopic (exact) mass is 295 g/mol. The second kappa shape index (κ2) is 6.91. The van der Waals surface area contributed by atoms with Crippen molar-refractivity contribution in [3.8, 4) is 0 Å². The minimum absolute atomic E-state index is 0.196. The van der Waals surface area contributed by atoms with Crippen molar-refractivity contribution in [2.45, 2.75) is 18.6 Å². The average molecular weight is 295 g/mol. The molecule has 5 heteroatoms. The van der Waals surface area contributed by atoms with Gasteiger partial charge in [-0.2, -0.15) is 0 Å². The molecular weight excluding hydrogens is 278 g/mol. The van der Waals surface area contributed by atoms with Gasteiger partial charge in [-0.15, -0.1) is 0 Å². The Hall–Kier alpha value is -1.07. The number of hydrogen-bond donors (Lipinski definition) is 1. The summed E-state index contributed by atoms with van der Waals surface area (Å²) in [5.41, 5.74) is 1.26. The van der Waals surface area contributed by atoms with Gasteiger partial charge >= 0.3 is 5.97 Å². The molecule has 0 radical (unpaired) electrons. The fourth-order valence-electron chi connectivity index (χ4n) is 2.12. The number of piperidine rings is 1. The number of aliphatic carboxylic acids is 1. The van der Waals surface area contributed by atoms with Crippen LogP contribution in [0, 0.1) is 5.92 Å². The fourth-order valence-corrected chi connectivity index (χ4v) is 3.33. The summed E-state index contributed by atoms with van der Waals surface area (Å²) in [5, 5.41) is 8.96. The van der Waals surface area contributed by atoms with Crippen LogP contribution in [0.4, 0.5) is 0 Å². The number of carbonyl (C=O) groups is 1. The first-order chi connectivity index (χ1) is 9.16. The summed E-state index contributed by atoms with van der Waals surface area (Å²) in [7, 11) is 0. The number of benzene rings is 1. The van der Waals surface area contributed by atoms with Crippen molar-refractivity contribution in [3.05, 3.63) is 35.9 Å². The van der Waals surface area contributed by atoms with Crippen LogP contribution in [0.2, 0.25) is 0 Å². The number of rotatable bonds is 3. The lowest BCUT2D eigenvalue weighted by molar-refractivity contribution is -0.142. The standard InChI is InChI=1S/C14H17NO2S2/c16-13(17)12-6-8-15(9-7-12)14(18)19-10-11-4-2-1-3-5-11/h1-5,12H,6-10H2,(H,16,17). The molecule has 0 saturated carbocycles. The zero-order chi connectivity index (χ0) is 13.7. The molecule has 0 unspecified atom stereocenters. The summed E-state index contributed by atoms with van der Waals surface area (Å²) in [6.45, 7) is 1.52. The maximum absolute atomic E-state index is 10.9. The van der Waals surface area contributed by atoms with Crippen LogP contribution in [0.3, 0.4) is 0 Å². The normalized spacial score (nSPS) is 16.3. The number of hydrogen-bond acceptors (Lipinski definition) is 3. The second-order valence-corrected chi connectivity index (χ2v) is 6.25. The molecule has 0 spiro atoms. The molecule has 0 atom stereocenters. The zero-order valence-corrected chi connectivity index (χ0v) is 12.3. The van der Waals surface area contributed by atoms with Gasteiger partial charge in [-0.1, -0.05) is 54.3 Å². The smallest absolute Gasteiger partial charge is 0.306 e. The molecule has 0 aromatic heterocycles. The third kappa shape index (κ3) is 4.21. The molecule has 1 heterocycles. The Morgan fingerprint density at radius 1 is 1.32 bits per heavy atom. The molecule has 1 aliphatic heterocycles. The van der Waals surface area contributed by atoms with E-state index in [2.05, 4.69) is 17.0 Å². The first-order valence-corrected chi connectivity index (χ1v) is 7.74. The van der Waals surface area contributed by atoms with Crippen molar-refractivity contribution < 1.29 is 9.90 Å². The highest BCUT2D eigenvalue weighted by Gasteiger charge is 2.25. The quantitative estimate of drug-likeness (QED) is 0.868. The van der Waals surface area contributed by atoms with E-state index >= 15 is 0 Å². The van der Waals surface area contributed by atoms with Gasteiger partial charge in [-0.25, -0.2) is 0 Å². The van der Waals surface area contributed by atoms with Crippen LogP contribution in [-0.4, -0.2) is 33.4 Å². The molecule has 102 valence electrons. The summed E-state index contributed by atoms with van der Waals surface area (Å²) < 4.78 is 0.882. The van der Waals surface area contributed by atoms with Crippen LogP contribution in [-0.2, 0) is 10.5 Å². The van der Waals surface area contributed by atoms with Crippen LogP contribution in [0.5, 0.6) is 0 Å². The molecule has 1 fully saturated rings. The molecular formula is C14H17NO2S2. The van der Waals surface area contributed by atoms with Crippen LogP contribution in [0.1, 0.15) is 18.4 Å². The predicted molar refractivity (Wildman–Crippen MR) is 82.3 cm³/mol. The van der Waals surface area contributed by atoms with E-state index in [1.54, 1.807) is 11.8 Å². The highest BCUT2D eigenvalue weighted by atomic mass is 32.2. The van der Waals surface area contributed by atoms with Gasteiger partial charge in [-0.3, -0.25) is 4.79 Å². The van der Waals surface area contributed by atoms with Gasteiger partial charge in [-0.05, 0) is 18.4 Å². The molecule has 1 N–H and O–H groups in total. The average Bonchev–Trinajstić information content (AvgIpc) is 2.46. The first kappa shape index (κ1) is 14.3. The highest BCUT2D eigenvalue weighted by Crippen LogP contribution is 2.22. The van der Waals surface area contributed by atoms with Crippen LogP contribution in [0.15, 0.2) is 30.3 Å². The van der Waals surface area contributed by atoms with E-state index in [-0.39, 0.29) is 5.92 Å². The third-order valence-corrected chi connectivity index (χ3v) is 4.90. The summed E-state index contributed by atoms with van der Waals surface area (Å²) in [5.74, 6) is -0.000826. The number of nitrogens with zero attached hydrogens (tertiary/aromatic N) is 1. The third-order valence-electron chi connectivity index (χ3n) is 3.31. The molecule has 0 bridgehead atoms. The summed E-state index contributed by atoms with van der Waals surface area (Å²) >= 11 is 7.07. The van der Waals surface area contributed by atoms with Crippen LogP contribution >= 0.6 is 24.0 Å². The SMILES string of the molecule is O=C(O)C1CCN(C(=S)SCc2ccccc2)CC1. The lowest BCUT2D eigenvalue weighted by Crippen LogP contribution is -2.38. The second-order valence-electron chi connectivity index (χ2n) is 4.64. The van der Waals surface area contributed by atoms with E-state index in [0.29, 0.717) is 12.8 Å². The maximum Gasteiger partial charge on any atom is 0.306 e. The van der Waals surface area contributed by atoms with Gasteiger partial charge in [0.2, 0.25) is 0 Å². The number of likely N-dealkylation sites (tertiary alicyclic amines) is 1. The summed E-state index contributed by atoms with van der Waals surface area (Å²) in [4.78, 5) is 13.0. The van der Waals surface area contributed by atoms with Crippen molar-refractivity contribution in [3.63, 3.8) is 0 Å². The van der Waals surface area contributed by atoms with Crippen LogP contribution in [0.25, 0.3) is 0 Å². The van der Waals surface area contributed by atoms with Crippen molar-refractivity contribution in [2.75, 3.05) is 13.1 Å². The minimum atomic E-state index is -0.678. The van der Waals surface area contributed by atoms with Gasteiger partial charge in [0.15, 0.2) is 0 Å². The van der Waals surface area contributed by atoms with Gasteiger partial charge < -0.3 is 10.0 Å². The Labute approximate surface area is 123 Å². The van der Waals surface area contributed by atoms with Gasteiger partial charge in [0, 0.05) is 18.8 Å². The molecule has 19 heavy (non-hydrogen) atoms. The Morgan fingerprint density at radius 3 is 2.53 bits per heavy atom. The molecule has 1 aliphatic rings. The van der Waals surface area contributed by atoms with E-state index in [9.17, 15) is 4.79 Å². The summed E-state index contributed by atoms with van der Waals surface area (Å²) in [6, 6.07) is 10.2. The topological polar surface area (TPSA) is 40.5 Å². The van der Waals surface area contributed by atoms with Crippen molar-refractivity contribution >= 4 is 34.3 Å². The van der Waals surface area contributed by atoms with E-state index in [1.165, 1.54) is 5.56 Å². The molecule has 1 aromatic rings. The molecule has 1 aromatic carbocycles. The summed E-state index contributed by atoms with van der Waals surface area (Å²) in [6.07, 6.45) is 1.39. The number of carboxylic acid groups (broad SMARTS) is 1. The molecule has 0 aliphatic carbocycles. The van der Waals surface area contributed by atoms with Gasteiger partial charge in [0.05, 0.1) is 5.92 Å². The lowest BCUT2D eigenvalue weighted by atomic mass is 9.98. The molecule has 2 rings (SSSR count). The van der Waals surface area contributed by atoms with E-state index in [0.717, 1.165) is 23.2 Å². The predicted octanol–water partition coefficient (Wildman–Crippen LogP) is 3.00. The van der Waals surface area contributed by atoms with E-state index in [4.69, 9.17) is 17.3 Å². The van der Waals surface area contributed by atoms with Crippen LogP contribution < -0.4 is 0 Å². The molecule has 1 saturated heterocycles. The van der Waals surface area contributed by atoms with E-state index in [1.807, 2.05) is 18.2 Å². The van der Waals surface area contributed by atoms with Crippen molar-refractivity contribution in [2.24, 2.45) is 5.92 Å². The molecule has 0 amide bonds. The Kier molecular flexibility index (Phi) is 5.22. The van der Waals surface area contributed by atoms with Gasteiger partial charge in [0.25, 0.3) is 0 Å². The van der Waals surface area contributed by atoms with E-state index < -0.39 is 5.97 Å². The maximum atomic E-state index is 10.9. The lowest BCUT2D eigenvalue weighted by Gasteiger charge is -2.31. The zero-order valence-electron chi connectivity index (χ0n) is 10.6. The first-order valence-electron chi connectivity index (χ1n) is 6.35. The minimum Gasteiger partial charge on any atom is -0.481 e. The highest BCUT2D eigenvalue weighted by molar-refractivity contribution is 8.22. The fraction of sp³-hybridized carbons (Fsp3) is 0.429. The number of thiocarbonyl (C=S) groups is 1. The number of carboxylic acids is 1. The van der Waals surface area contributed by atoms with Gasteiger partial charge in [0.1, 0.15) is 4.32 Å². The Morgan fingerprint density at radius 2 is 1.95 bits per heavy atom. The Balaban J connectivity index is 1.77. The van der Waals surface area contributed by atoms with Crippen molar-refractivity contribution in [1.29, 1.82) is 0 Å². The number of thioether (sulfide) groups is 1. The van der Waals surface area contributed by atoms with Crippen molar-refractivity contribution in [1.82, 2.24) is 4.90 Å². The largest absolute Gasteiger partial charge is 0.481 e. The molecule has 3 nitrogen and oxygen atoms in total.